The number of piperazine rings is 1. The fraction of sp³-hybridized carbons (Fsp3) is 0.211. The zero-order valence-electron chi connectivity index (χ0n) is 12.8. The molecule has 116 valence electrons. The van der Waals surface area contributed by atoms with E-state index in [0.29, 0.717) is 11.1 Å². The van der Waals surface area contributed by atoms with Gasteiger partial charge < -0.3 is 14.6 Å². The Morgan fingerprint density at radius 1 is 0.957 bits per heavy atom. The van der Waals surface area contributed by atoms with Gasteiger partial charge >= 0.3 is 5.63 Å². The molecule has 4 nitrogen and oxygen atoms in total. The van der Waals surface area contributed by atoms with E-state index in [9.17, 15) is 4.79 Å². The molecular weight excluding hydrogens is 288 g/mol. The van der Waals surface area contributed by atoms with Crippen molar-refractivity contribution in [2.75, 3.05) is 31.1 Å². The van der Waals surface area contributed by atoms with E-state index in [2.05, 4.69) is 16.3 Å². The fourth-order valence-corrected chi connectivity index (χ4v) is 3.04. The summed E-state index contributed by atoms with van der Waals surface area (Å²) in [5.74, 6) is 0. The van der Waals surface area contributed by atoms with Gasteiger partial charge in [0.2, 0.25) is 0 Å². The van der Waals surface area contributed by atoms with Crippen LogP contribution in [0.1, 0.15) is 0 Å². The third kappa shape index (κ3) is 2.73. The van der Waals surface area contributed by atoms with Gasteiger partial charge in [0.1, 0.15) is 5.58 Å². The second-order valence-corrected chi connectivity index (χ2v) is 5.77. The summed E-state index contributed by atoms with van der Waals surface area (Å²) in [7, 11) is 0. The zero-order valence-corrected chi connectivity index (χ0v) is 12.8. The highest BCUT2D eigenvalue weighted by molar-refractivity contribution is 5.84. The van der Waals surface area contributed by atoms with Crippen LogP contribution in [0.2, 0.25) is 0 Å². The molecule has 0 aliphatic carbocycles. The Kier molecular flexibility index (Phi) is 3.60. The van der Waals surface area contributed by atoms with Crippen LogP contribution in [0.3, 0.4) is 0 Å². The molecule has 1 aromatic heterocycles. The van der Waals surface area contributed by atoms with Crippen molar-refractivity contribution in [3.8, 4) is 11.1 Å². The number of nitrogens with one attached hydrogen (secondary N) is 1. The first-order valence-electron chi connectivity index (χ1n) is 7.90. The molecule has 0 bridgehead atoms. The maximum atomic E-state index is 12.3. The highest BCUT2D eigenvalue weighted by Gasteiger charge is 2.13. The maximum Gasteiger partial charge on any atom is 0.344 e. The molecule has 1 N–H and O–H groups in total. The number of fused-ring (bicyclic) bond motifs is 1. The number of hydrogen-bond acceptors (Lipinski definition) is 4. The summed E-state index contributed by atoms with van der Waals surface area (Å²) >= 11 is 0. The number of hydrogen-bond donors (Lipinski definition) is 1. The largest absolute Gasteiger partial charge is 0.422 e. The van der Waals surface area contributed by atoms with Crippen LogP contribution in [-0.2, 0) is 0 Å². The van der Waals surface area contributed by atoms with Gasteiger partial charge in [-0.1, -0.05) is 30.3 Å². The molecule has 0 unspecified atom stereocenters. The van der Waals surface area contributed by atoms with Crippen LogP contribution < -0.4 is 15.8 Å². The summed E-state index contributed by atoms with van der Waals surface area (Å²) in [6.45, 7) is 3.90. The van der Waals surface area contributed by atoms with Crippen LogP contribution >= 0.6 is 0 Å². The predicted molar refractivity (Wildman–Crippen MR) is 93.0 cm³/mol. The molecule has 1 aliphatic rings. The molecular formula is C19H18N2O2. The zero-order chi connectivity index (χ0) is 15.6. The molecule has 1 fully saturated rings. The van der Waals surface area contributed by atoms with Crippen molar-refractivity contribution < 1.29 is 4.42 Å². The van der Waals surface area contributed by atoms with Crippen molar-refractivity contribution in [1.82, 2.24) is 5.32 Å². The van der Waals surface area contributed by atoms with E-state index in [1.807, 2.05) is 48.5 Å². The van der Waals surface area contributed by atoms with E-state index in [0.717, 1.165) is 42.8 Å². The molecule has 23 heavy (non-hydrogen) atoms. The second kappa shape index (κ2) is 5.89. The van der Waals surface area contributed by atoms with Gasteiger partial charge in [0.15, 0.2) is 0 Å². The van der Waals surface area contributed by atoms with Crippen LogP contribution in [0.5, 0.6) is 0 Å². The van der Waals surface area contributed by atoms with Crippen molar-refractivity contribution in [3.05, 3.63) is 65.0 Å². The van der Waals surface area contributed by atoms with Gasteiger partial charge in [-0.25, -0.2) is 4.79 Å². The summed E-state index contributed by atoms with van der Waals surface area (Å²) in [6, 6.07) is 17.6. The van der Waals surface area contributed by atoms with E-state index >= 15 is 0 Å². The summed E-state index contributed by atoms with van der Waals surface area (Å²) in [5.41, 5.74) is 2.95. The molecule has 1 saturated heterocycles. The lowest BCUT2D eigenvalue weighted by atomic mass is 10.1. The quantitative estimate of drug-likeness (QED) is 0.740. The third-order valence-electron chi connectivity index (χ3n) is 4.29. The lowest BCUT2D eigenvalue weighted by Crippen LogP contribution is -2.43. The Morgan fingerprint density at radius 3 is 2.52 bits per heavy atom. The SMILES string of the molecule is O=c1oc2cc(N3CCNCC3)ccc2cc1-c1ccccc1. The van der Waals surface area contributed by atoms with Gasteiger partial charge in [0.05, 0.1) is 5.56 Å². The molecule has 0 saturated carbocycles. The molecule has 4 heteroatoms. The van der Waals surface area contributed by atoms with E-state index < -0.39 is 0 Å². The Hall–Kier alpha value is -2.59. The predicted octanol–water partition coefficient (Wildman–Crippen LogP) is 2.87. The average molecular weight is 306 g/mol. The molecule has 0 atom stereocenters. The Balaban J connectivity index is 1.77. The smallest absolute Gasteiger partial charge is 0.344 e. The molecule has 0 amide bonds. The lowest BCUT2D eigenvalue weighted by Gasteiger charge is -2.29. The standard InChI is InChI=1S/C19H18N2O2/c22-19-17(14-4-2-1-3-5-14)12-15-6-7-16(13-18(15)23-19)21-10-8-20-9-11-21/h1-7,12-13,20H,8-11H2. The van der Waals surface area contributed by atoms with E-state index in [1.54, 1.807) is 0 Å². The normalized spacial score (nSPS) is 15.0. The van der Waals surface area contributed by atoms with Crippen molar-refractivity contribution in [2.24, 2.45) is 0 Å². The second-order valence-electron chi connectivity index (χ2n) is 5.77. The van der Waals surface area contributed by atoms with Gasteiger partial charge in [0.25, 0.3) is 0 Å². The van der Waals surface area contributed by atoms with Gasteiger partial charge in [-0.15, -0.1) is 0 Å². The Labute approximate surface area is 134 Å². The minimum atomic E-state index is -0.291. The van der Waals surface area contributed by atoms with E-state index in [-0.39, 0.29) is 5.63 Å². The summed E-state index contributed by atoms with van der Waals surface area (Å²) in [4.78, 5) is 14.6. The van der Waals surface area contributed by atoms with Crippen molar-refractivity contribution >= 4 is 16.7 Å². The van der Waals surface area contributed by atoms with Crippen molar-refractivity contribution in [2.45, 2.75) is 0 Å². The van der Waals surface area contributed by atoms with Crippen LogP contribution in [-0.4, -0.2) is 26.2 Å². The van der Waals surface area contributed by atoms with Crippen LogP contribution in [0.4, 0.5) is 5.69 Å². The number of nitrogens with zero attached hydrogens (tertiary/aromatic N) is 1. The highest BCUT2D eigenvalue weighted by atomic mass is 16.4. The van der Waals surface area contributed by atoms with Crippen LogP contribution in [0, 0.1) is 0 Å². The van der Waals surface area contributed by atoms with Crippen molar-refractivity contribution in [3.63, 3.8) is 0 Å². The van der Waals surface area contributed by atoms with Gasteiger partial charge in [-0.05, 0) is 23.8 Å². The lowest BCUT2D eigenvalue weighted by molar-refractivity contribution is 0.561. The van der Waals surface area contributed by atoms with E-state index in [1.165, 1.54) is 0 Å². The number of anilines is 1. The first-order chi connectivity index (χ1) is 11.3. The Bertz CT molecular complexity index is 881. The van der Waals surface area contributed by atoms with E-state index in [4.69, 9.17) is 4.42 Å². The minimum Gasteiger partial charge on any atom is -0.422 e. The van der Waals surface area contributed by atoms with Crippen LogP contribution in [0.25, 0.3) is 22.1 Å². The monoisotopic (exact) mass is 306 g/mol. The molecule has 3 aromatic rings. The minimum absolute atomic E-state index is 0.291. The highest BCUT2D eigenvalue weighted by Crippen LogP contribution is 2.25. The molecule has 4 rings (SSSR count). The summed E-state index contributed by atoms with van der Waals surface area (Å²) in [5, 5.41) is 4.29. The number of benzene rings is 2. The fourth-order valence-electron chi connectivity index (χ4n) is 3.04. The van der Waals surface area contributed by atoms with Crippen molar-refractivity contribution in [1.29, 1.82) is 0 Å². The maximum absolute atomic E-state index is 12.3. The first kappa shape index (κ1) is 14.0. The molecule has 0 radical (unpaired) electrons. The molecule has 2 heterocycles. The molecule has 0 spiro atoms. The van der Waals surface area contributed by atoms with Crippen LogP contribution in [0.15, 0.2) is 63.8 Å². The van der Waals surface area contributed by atoms with Gasteiger partial charge in [0, 0.05) is 43.3 Å². The van der Waals surface area contributed by atoms with Gasteiger partial charge in [-0.2, -0.15) is 0 Å². The van der Waals surface area contributed by atoms with Gasteiger partial charge in [-0.3, -0.25) is 0 Å². The molecule has 1 aliphatic heterocycles. The summed E-state index contributed by atoms with van der Waals surface area (Å²) in [6.07, 6.45) is 0. The average Bonchev–Trinajstić information content (AvgIpc) is 2.62. The molecule has 2 aromatic carbocycles. The number of rotatable bonds is 2. The topological polar surface area (TPSA) is 45.5 Å². The Morgan fingerprint density at radius 2 is 1.74 bits per heavy atom. The first-order valence-corrected chi connectivity index (χ1v) is 7.90. The third-order valence-corrected chi connectivity index (χ3v) is 4.29. The summed E-state index contributed by atoms with van der Waals surface area (Å²) < 4.78 is 5.58.